The van der Waals surface area contributed by atoms with Gasteiger partial charge in [0.1, 0.15) is 6.61 Å². The van der Waals surface area contributed by atoms with Crippen molar-refractivity contribution < 1.29 is 19.4 Å². The molecule has 0 bridgehead atoms. The highest BCUT2D eigenvalue weighted by molar-refractivity contribution is 5.83. The predicted molar refractivity (Wildman–Crippen MR) is 74.9 cm³/mol. The molecule has 1 aliphatic rings. The fraction of sp³-hybridized carbons (Fsp3) is 0.200. The van der Waals surface area contributed by atoms with Gasteiger partial charge in [-0.05, 0) is 5.56 Å². The van der Waals surface area contributed by atoms with E-state index in [9.17, 15) is 9.59 Å². The van der Waals surface area contributed by atoms with Crippen LogP contribution >= 0.6 is 0 Å². The van der Waals surface area contributed by atoms with Crippen LogP contribution in [-0.2, 0) is 24.4 Å². The summed E-state index contributed by atoms with van der Waals surface area (Å²) in [5.41, 5.74) is 2.19. The Hall–Kier alpha value is -2.96. The summed E-state index contributed by atoms with van der Waals surface area (Å²) < 4.78 is 5.24. The number of hydrogen-bond donors (Lipinski definition) is 1. The molecule has 7 heteroatoms. The Bertz CT molecular complexity index is 718. The zero-order valence-corrected chi connectivity index (χ0v) is 11.6. The average molecular weight is 299 g/mol. The van der Waals surface area contributed by atoms with E-state index in [1.54, 1.807) is 0 Å². The second kappa shape index (κ2) is 5.80. The number of benzene rings is 1. The molecular weight excluding hydrogens is 286 g/mol. The van der Waals surface area contributed by atoms with Crippen LogP contribution < -0.4 is 0 Å². The smallest absolute Gasteiger partial charge is 0.410 e. The fourth-order valence-corrected chi connectivity index (χ4v) is 2.20. The Morgan fingerprint density at radius 1 is 1.23 bits per heavy atom. The van der Waals surface area contributed by atoms with Crippen molar-refractivity contribution in [3.8, 4) is 0 Å². The summed E-state index contributed by atoms with van der Waals surface area (Å²) in [5.74, 6) is -1.45. The predicted octanol–water partition coefficient (Wildman–Crippen LogP) is 1.83. The van der Waals surface area contributed by atoms with Crippen LogP contribution in [0.1, 0.15) is 27.4 Å². The van der Waals surface area contributed by atoms with Crippen LogP contribution in [0.2, 0.25) is 0 Å². The largest absolute Gasteiger partial charge is 0.475 e. The molecule has 0 unspecified atom stereocenters. The number of aromatic nitrogens is 2. The highest BCUT2D eigenvalue weighted by atomic mass is 16.6. The molecule has 1 N–H and O–H groups in total. The van der Waals surface area contributed by atoms with E-state index in [2.05, 4.69) is 9.97 Å². The third-order valence-corrected chi connectivity index (χ3v) is 3.31. The highest BCUT2D eigenvalue weighted by Crippen LogP contribution is 2.21. The molecule has 0 aliphatic carbocycles. The van der Waals surface area contributed by atoms with E-state index >= 15 is 0 Å². The molecule has 7 nitrogen and oxygen atoms in total. The van der Waals surface area contributed by atoms with Crippen molar-refractivity contribution in [1.29, 1.82) is 0 Å². The van der Waals surface area contributed by atoms with Crippen molar-refractivity contribution in [2.75, 3.05) is 0 Å². The van der Waals surface area contributed by atoms with Gasteiger partial charge >= 0.3 is 12.1 Å². The second-order valence-corrected chi connectivity index (χ2v) is 4.87. The number of nitrogens with zero attached hydrogens (tertiary/aromatic N) is 3. The lowest BCUT2D eigenvalue weighted by atomic mass is 10.2. The SMILES string of the molecule is O=C(O)c1ncc2c(n1)CN(C(=O)OCc1ccccc1)C2. The first-order valence-electron chi connectivity index (χ1n) is 6.67. The maximum atomic E-state index is 12.0. The lowest BCUT2D eigenvalue weighted by Crippen LogP contribution is -2.26. The van der Waals surface area contributed by atoms with Crippen molar-refractivity contribution in [2.24, 2.45) is 0 Å². The van der Waals surface area contributed by atoms with Crippen LogP contribution in [0.5, 0.6) is 0 Å². The molecular formula is C15H13N3O4. The van der Waals surface area contributed by atoms with E-state index in [1.165, 1.54) is 11.1 Å². The molecule has 0 saturated heterocycles. The number of hydrogen-bond acceptors (Lipinski definition) is 5. The van der Waals surface area contributed by atoms with E-state index < -0.39 is 12.1 Å². The molecule has 2 aromatic rings. The molecule has 1 amide bonds. The van der Waals surface area contributed by atoms with Crippen LogP contribution in [0.4, 0.5) is 4.79 Å². The molecule has 0 atom stereocenters. The van der Waals surface area contributed by atoms with Crippen LogP contribution in [0, 0.1) is 0 Å². The Morgan fingerprint density at radius 3 is 2.73 bits per heavy atom. The van der Waals surface area contributed by atoms with Gasteiger partial charge in [0.25, 0.3) is 0 Å². The maximum absolute atomic E-state index is 12.0. The summed E-state index contributed by atoms with van der Waals surface area (Å²) in [6.45, 7) is 0.743. The normalized spacial score (nSPS) is 12.8. The zero-order chi connectivity index (χ0) is 15.5. The zero-order valence-electron chi connectivity index (χ0n) is 11.6. The monoisotopic (exact) mass is 299 g/mol. The number of ether oxygens (including phenoxy) is 1. The minimum absolute atomic E-state index is 0.193. The minimum atomic E-state index is -1.19. The first kappa shape index (κ1) is 14.0. The number of fused-ring (bicyclic) bond motifs is 1. The molecule has 112 valence electrons. The number of amides is 1. The van der Waals surface area contributed by atoms with Crippen LogP contribution in [0.15, 0.2) is 36.5 Å². The summed E-state index contributed by atoms with van der Waals surface area (Å²) in [6.07, 6.45) is 0.981. The maximum Gasteiger partial charge on any atom is 0.410 e. The summed E-state index contributed by atoms with van der Waals surface area (Å²) in [6, 6.07) is 9.38. The third kappa shape index (κ3) is 2.88. The fourth-order valence-electron chi connectivity index (χ4n) is 2.20. The van der Waals surface area contributed by atoms with Crippen molar-refractivity contribution in [3.63, 3.8) is 0 Å². The molecule has 2 heterocycles. The molecule has 0 fully saturated rings. The van der Waals surface area contributed by atoms with Gasteiger partial charge in [0.05, 0.1) is 18.8 Å². The van der Waals surface area contributed by atoms with Crippen LogP contribution in [0.3, 0.4) is 0 Å². The molecule has 1 aliphatic heterocycles. The average Bonchev–Trinajstić information content (AvgIpc) is 2.96. The van der Waals surface area contributed by atoms with Crippen molar-refractivity contribution >= 4 is 12.1 Å². The third-order valence-electron chi connectivity index (χ3n) is 3.31. The number of carbonyl (C=O) groups is 2. The molecule has 0 radical (unpaired) electrons. The van der Waals surface area contributed by atoms with Gasteiger partial charge in [-0.2, -0.15) is 0 Å². The molecule has 0 spiro atoms. The summed E-state index contributed by atoms with van der Waals surface area (Å²) in [4.78, 5) is 32.0. The summed E-state index contributed by atoms with van der Waals surface area (Å²) >= 11 is 0. The van der Waals surface area contributed by atoms with E-state index in [1.807, 2.05) is 30.3 Å². The van der Waals surface area contributed by atoms with Gasteiger partial charge in [-0.3, -0.25) is 4.90 Å². The van der Waals surface area contributed by atoms with Gasteiger partial charge in [-0.25, -0.2) is 19.6 Å². The van der Waals surface area contributed by atoms with Gasteiger partial charge in [-0.15, -0.1) is 0 Å². The second-order valence-electron chi connectivity index (χ2n) is 4.87. The summed E-state index contributed by atoms with van der Waals surface area (Å²) in [7, 11) is 0. The number of aromatic carboxylic acids is 1. The summed E-state index contributed by atoms with van der Waals surface area (Å²) in [5, 5.41) is 8.87. The van der Waals surface area contributed by atoms with Gasteiger partial charge < -0.3 is 9.84 Å². The van der Waals surface area contributed by atoms with E-state index in [-0.39, 0.29) is 19.0 Å². The molecule has 1 aromatic carbocycles. The number of carboxylic acid groups (broad SMARTS) is 1. The first-order chi connectivity index (χ1) is 10.6. The lowest BCUT2D eigenvalue weighted by Gasteiger charge is -2.14. The topological polar surface area (TPSA) is 92.6 Å². The van der Waals surface area contributed by atoms with Gasteiger partial charge in [0, 0.05) is 11.8 Å². The quantitative estimate of drug-likeness (QED) is 0.929. The number of carbonyl (C=O) groups excluding carboxylic acids is 1. The Labute approximate surface area is 126 Å². The standard InChI is InChI=1S/C15H13N3O4/c19-14(20)13-16-6-11-7-18(8-12(11)17-13)15(21)22-9-10-4-2-1-3-5-10/h1-6H,7-9H2,(H,19,20). The van der Waals surface area contributed by atoms with Crippen LogP contribution in [0.25, 0.3) is 0 Å². The lowest BCUT2D eigenvalue weighted by molar-refractivity contribution is 0.0683. The first-order valence-corrected chi connectivity index (χ1v) is 6.67. The Balaban J connectivity index is 1.62. The van der Waals surface area contributed by atoms with E-state index in [4.69, 9.17) is 9.84 Å². The van der Waals surface area contributed by atoms with E-state index in [0.717, 1.165) is 11.1 Å². The van der Waals surface area contributed by atoms with Crippen LogP contribution in [-0.4, -0.2) is 32.0 Å². The van der Waals surface area contributed by atoms with Gasteiger partial charge in [-0.1, -0.05) is 30.3 Å². The molecule has 3 rings (SSSR count). The molecule has 0 saturated carbocycles. The Morgan fingerprint density at radius 2 is 2.00 bits per heavy atom. The number of rotatable bonds is 3. The highest BCUT2D eigenvalue weighted by Gasteiger charge is 2.27. The minimum Gasteiger partial charge on any atom is -0.475 e. The van der Waals surface area contributed by atoms with Crippen molar-refractivity contribution in [1.82, 2.24) is 14.9 Å². The van der Waals surface area contributed by atoms with Gasteiger partial charge in [0.15, 0.2) is 0 Å². The molecule has 22 heavy (non-hydrogen) atoms. The molecule has 1 aromatic heterocycles. The van der Waals surface area contributed by atoms with Gasteiger partial charge in [0.2, 0.25) is 5.82 Å². The number of carboxylic acids is 1. The van der Waals surface area contributed by atoms with Crippen molar-refractivity contribution in [2.45, 2.75) is 19.7 Å². The Kier molecular flexibility index (Phi) is 3.69. The van der Waals surface area contributed by atoms with E-state index in [0.29, 0.717) is 12.2 Å². The van der Waals surface area contributed by atoms with Crippen molar-refractivity contribution in [3.05, 3.63) is 59.2 Å².